The average molecular weight is 669 g/mol. The summed E-state index contributed by atoms with van der Waals surface area (Å²) in [7, 11) is -4.47. The minimum atomic E-state index is -4.47. The molecule has 4 rings (SSSR count). The normalized spacial score (nSPS) is 18.7. The number of fused-ring (bicyclic) bond motifs is 1. The Bertz CT molecular complexity index is 1480. The third kappa shape index (κ3) is 8.69. The van der Waals surface area contributed by atoms with Crippen LogP contribution >= 0.6 is 7.75 Å². The SMILES string of the molecule is CCOc1nc(N)nc2c1ncn2[C@@H](CO)O[C@](CF)(COP(=O)(NC(C)C(=O)OC1CCCCC1)Oc1ccccc1)[C@H](C)O. The van der Waals surface area contributed by atoms with Gasteiger partial charge in [-0.1, -0.05) is 24.6 Å². The number of ether oxygens (including phenoxy) is 3. The van der Waals surface area contributed by atoms with Crippen molar-refractivity contribution < 1.29 is 47.2 Å². The third-order valence-electron chi connectivity index (χ3n) is 7.50. The summed E-state index contributed by atoms with van der Waals surface area (Å²) < 4.78 is 58.8. The number of nitrogens with two attached hydrogens (primary N) is 1. The van der Waals surface area contributed by atoms with Gasteiger partial charge in [0.15, 0.2) is 17.4 Å². The fourth-order valence-corrected chi connectivity index (χ4v) is 6.43. The number of anilines is 1. The number of halogens is 1. The maximum atomic E-state index is 14.9. The van der Waals surface area contributed by atoms with Crippen molar-refractivity contribution in [3.8, 4) is 11.6 Å². The van der Waals surface area contributed by atoms with Crippen molar-refractivity contribution in [2.45, 2.75) is 83.0 Å². The van der Waals surface area contributed by atoms with E-state index in [0.717, 1.165) is 32.1 Å². The van der Waals surface area contributed by atoms with Crippen LogP contribution in [-0.2, 0) is 23.4 Å². The Balaban J connectivity index is 1.58. The molecule has 1 fully saturated rings. The number of hydrogen-bond donors (Lipinski definition) is 4. The topological polar surface area (TPSA) is 202 Å². The summed E-state index contributed by atoms with van der Waals surface area (Å²) in [4.78, 5) is 25.3. The molecule has 1 aliphatic carbocycles. The molecule has 3 aromatic rings. The molecule has 0 saturated heterocycles. The fraction of sp³-hybridized carbons (Fsp3) is 0.586. The molecular weight excluding hydrogens is 626 g/mol. The molecule has 0 amide bonds. The van der Waals surface area contributed by atoms with Crippen LogP contribution in [0.5, 0.6) is 11.6 Å². The highest BCUT2D eigenvalue weighted by Crippen LogP contribution is 2.46. The zero-order chi connectivity index (χ0) is 33.3. The summed E-state index contributed by atoms with van der Waals surface area (Å²) in [5.41, 5.74) is 3.96. The number of benzene rings is 1. The van der Waals surface area contributed by atoms with E-state index in [1.165, 1.54) is 36.9 Å². The molecule has 1 aliphatic rings. The summed E-state index contributed by atoms with van der Waals surface area (Å²) in [5.74, 6) is -0.574. The molecule has 15 nitrogen and oxygen atoms in total. The van der Waals surface area contributed by atoms with Crippen LogP contribution in [-0.4, -0.2) is 86.0 Å². The lowest BCUT2D eigenvalue weighted by Gasteiger charge is -2.37. The van der Waals surface area contributed by atoms with Crippen LogP contribution in [0.4, 0.5) is 10.3 Å². The van der Waals surface area contributed by atoms with Gasteiger partial charge in [-0.25, -0.2) is 13.9 Å². The van der Waals surface area contributed by atoms with Gasteiger partial charge in [-0.15, -0.1) is 0 Å². The van der Waals surface area contributed by atoms with Crippen LogP contribution < -0.4 is 20.1 Å². The Morgan fingerprint density at radius 1 is 1.22 bits per heavy atom. The molecule has 46 heavy (non-hydrogen) atoms. The van der Waals surface area contributed by atoms with Gasteiger partial charge < -0.3 is 34.7 Å². The van der Waals surface area contributed by atoms with Crippen molar-refractivity contribution in [3.05, 3.63) is 36.7 Å². The maximum absolute atomic E-state index is 14.9. The van der Waals surface area contributed by atoms with Crippen LogP contribution in [0, 0.1) is 0 Å². The first kappa shape index (κ1) is 35.5. The minimum absolute atomic E-state index is 0.0947. The lowest BCUT2D eigenvalue weighted by atomic mass is 9.98. The molecule has 0 radical (unpaired) electrons. The standard InChI is InChI=1S/C29H42FN6O9P/c1-4-41-26-24-25(33-28(31)34-26)36(18-32-24)23(15-37)44-29(16-30,20(3)38)17-42-46(40,45-22-13-9-6-10-14-22)35-19(2)27(39)43-21-11-7-5-8-12-21/h6,9-10,13-14,18-21,23,37-38H,4-5,7-8,11-12,15-17H2,1-3H3,(H,35,40)(H2,31,33,34)/t19?,20-,23+,29+,46?/m0/s1. The lowest BCUT2D eigenvalue weighted by molar-refractivity contribution is -0.204. The van der Waals surface area contributed by atoms with Crippen LogP contribution in [0.3, 0.4) is 0 Å². The number of carbonyl (C=O) groups excluding carboxylic acids is 1. The maximum Gasteiger partial charge on any atom is 0.459 e. The number of carbonyl (C=O) groups is 1. The van der Waals surface area contributed by atoms with Gasteiger partial charge in [-0.3, -0.25) is 13.9 Å². The predicted octanol–water partition coefficient (Wildman–Crippen LogP) is 3.46. The molecule has 2 aromatic heterocycles. The molecule has 1 aromatic carbocycles. The van der Waals surface area contributed by atoms with Crippen molar-refractivity contribution in [2.24, 2.45) is 0 Å². The molecule has 2 heterocycles. The van der Waals surface area contributed by atoms with E-state index in [2.05, 4.69) is 20.0 Å². The summed E-state index contributed by atoms with van der Waals surface area (Å²) in [5, 5.41) is 23.7. The molecular formula is C29H42FN6O9P. The van der Waals surface area contributed by atoms with Gasteiger partial charge in [0.25, 0.3) is 0 Å². The first-order valence-corrected chi connectivity index (χ1v) is 16.7. The number of hydrogen-bond acceptors (Lipinski definition) is 13. The first-order chi connectivity index (χ1) is 22.0. The molecule has 5 N–H and O–H groups in total. The van der Waals surface area contributed by atoms with Crippen molar-refractivity contribution >= 4 is 30.8 Å². The zero-order valence-corrected chi connectivity index (χ0v) is 27.0. The molecule has 254 valence electrons. The van der Waals surface area contributed by atoms with E-state index in [4.69, 9.17) is 29.0 Å². The van der Waals surface area contributed by atoms with E-state index in [9.17, 15) is 24.0 Å². The highest BCUT2D eigenvalue weighted by atomic mass is 31.2. The van der Waals surface area contributed by atoms with Gasteiger partial charge in [0.1, 0.15) is 30.2 Å². The van der Waals surface area contributed by atoms with E-state index in [1.807, 2.05) is 0 Å². The highest BCUT2D eigenvalue weighted by Gasteiger charge is 2.44. The number of nitrogens with one attached hydrogen (secondary N) is 1. The smallest absolute Gasteiger partial charge is 0.459 e. The molecule has 0 bridgehead atoms. The molecule has 1 saturated carbocycles. The molecule has 0 aliphatic heterocycles. The Morgan fingerprint density at radius 3 is 2.57 bits per heavy atom. The number of aliphatic hydroxyl groups is 2. The van der Waals surface area contributed by atoms with Crippen LogP contribution in [0.1, 0.15) is 59.1 Å². The van der Waals surface area contributed by atoms with Gasteiger partial charge in [0.2, 0.25) is 11.8 Å². The highest BCUT2D eigenvalue weighted by molar-refractivity contribution is 7.52. The third-order valence-corrected chi connectivity index (χ3v) is 9.12. The van der Waals surface area contributed by atoms with Crippen LogP contribution in [0.25, 0.3) is 11.2 Å². The van der Waals surface area contributed by atoms with Gasteiger partial charge in [-0.2, -0.15) is 15.1 Å². The minimum Gasteiger partial charge on any atom is -0.476 e. The summed E-state index contributed by atoms with van der Waals surface area (Å²) in [6.07, 6.45) is 2.50. The Hall–Kier alpha value is -3.40. The van der Waals surface area contributed by atoms with E-state index in [0.29, 0.717) is 0 Å². The van der Waals surface area contributed by atoms with E-state index in [-0.39, 0.29) is 41.5 Å². The number of nitrogen functional groups attached to an aromatic ring is 1. The number of esters is 1. The number of imidazole rings is 1. The Morgan fingerprint density at radius 2 is 1.93 bits per heavy atom. The number of para-hydroxylation sites is 1. The number of nitrogens with zero attached hydrogens (tertiary/aromatic N) is 4. The van der Waals surface area contributed by atoms with E-state index >= 15 is 0 Å². The van der Waals surface area contributed by atoms with E-state index < -0.39 is 57.6 Å². The predicted molar refractivity (Wildman–Crippen MR) is 165 cm³/mol. The number of rotatable bonds is 17. The Kier molecular flexibility index (Phi) is 12.3. The van der Waals surface area contributed by atoms with Crippen molar-refractivity contribution in [1.29, 1.82) is 0 Å². The Labute approximate surface area is 266 Å². The molecule has 2 unspecified atom stereocenters. The summed E-state index contributed by atoms with van der Waals surface area (Å²) in [6.45, 7) is 1.78. The number of aromatic nitrogens is 4. The average Bonchev–Trinajstić information content (AvgIpc) is 3.46. The zero-order valence-electron chi connectivity index (χ0n) is 26.1. The van der Waals surface area contributed by atoms with Crippen molar-refractivity contribution in [3.63, 3.8) is 0 Å². The van der Waals surface area contributed by atoms with Gasteiger partial charge in [0.05, 0.1) is 32.3 Å². The van der Waals surface area contributed by atoms with Gasteiger partial charge in [-0.05, 0) is 58.6 Å². The summed E-state index contributed by atoms with van der Waals surface area (Å²) >= 11 is 0. The monoisotopic (exact) mass is 668 g/mol. The molecule has 0 spiro atoms. The molecule has 17 heteroatoms. The van der Waals surface area contributed by atoms with Crippen LogP contribution in [0.15, 0.2) is 36.7 Å². The second-order valence-corrected chi connectivity index (χ2v) is 12.7. The first-order valence-electron chi connectivity index (χ1n) is 15.2. The van der Waals surface area contributed by atoms with Crippen LogP contribution in [0.2, 0.25) is 0 Å². The number of alkyl halides is 1. The van der Waals surface area contributed by atoms with E-state index in [1.54, 1.807) is 25.1 Å². The second kappa shape index (κ2) is 15.9. The second-order valence-electron chi connectivity index (χ2n) is 11.0. The fourth-order valence-electron chi connectivity index (χ4n) is 4.89. The van der Waals surface area contributed by atoms with Gasteiger partial charge >= 0.3 is 13.7 Å². The van der Waals surface area contributed by atoms with Crippen molar-refractivity contribution in [1.82, 2.24) is 24.6 Å². The number of aliphatic hydroxyl groups excluding tert-OH is 2. The quantitative estimate of drug-likeness (QED) is 0.120. The molecule has 5 atom stereocenters. The van der Waals surface area contributed by atoms with Crippen molar-refractivity contribution in [2.75, 3.05) is 32.2 Å². The lowest BCUT2D eigenvalue weighted by Crippen LogP contribution is -2.51. The largest absolute Gasteiger partial charge is 0.476 e. The summed E-state index contributed by atoms with van der Waals surface area (Å²) in [6, 6.07) is 6.89. The van der Waals surface area contributed by atoms with Gasteiger partial charge in [0, 0.05) is 0 Å².